The second-order valence-corrected chi connectivity index (χ2v) is 3.98. The largest absolute Gasteiger partial charge is 0.396 e. The molecule has 2 nitrogen and oxygen atoms in total. The smallest absolute Gasteiger partial charge is 0.0899 e. The van der Waals surface area contributed by atoms with Gasteiger partial charge >= 0.3 is 0 Å². The van der Waals surface area contributed by atoms with Crippen LogP contribution in [0.4, 0.5) is 0 Å². The van der Waals surface area contributed by atoms with E-state index >= 15 is 0 Å². The minimum absolute atomic E-state index is 0.226. The Morgan fingerprint density at radius 2 is 1.87 bits per heavy atom. The van der Waals surface area contributed by atoms with E-state index in [9.17, 15) is 0 Å². The van der Waals surface area contributed by atoms with Crippen molar-refractivity contribution < 1.29 is 9.84 Å². The highest BCUT2D eigenvalue weighted by Gasteiger charge is 2.24. The number of rotatable bonds is 6. The zero-order valence-corrected chi connectivity index (χ0v) is 9.57. The van der Waals surface area contributed by atoms with Gasteiger partial charge in [-0.2, -0.15) is 0 Å². The van der Waals surface area contributed by atoms with Gasteiger partial charge in [0.15, 0.2) is 0 Å². The first-order valence-corrected chi connectivity index (χ1v) is 5.44. The molecule has 0 aliphatic rings. The Hall–Kier alpha value is -0.860. The number of hydrogen-bond acceptors (Lipinski definition) is 2. The Morgan fingerprint density at radius 1 is 1.20 bits per heavy atom. The lowest BCUT2D eigenvalue weighted by atomic mass is 9.90. The second kappa shape index (κ2) is 5.89. The van der Waals surface area contributed by atoms with Gasteiger partial charge in [0.25, 0.3) is 0 Å². The monoisotopic (exact) mass is 208 g/mol. The predicted octanol–water partition coefficient (Wildman–Crippen LogP) is 2.71. The Balaban J connectivity index is 2.67. The first-order valence-electron chi connectivity index (χ1n) is 5.44. The molecule has 0 aromatic heterocycles. The molecule has 0 aliphatic carbocycles. The number of methoxy groups -OCH3 is 1. The highest BCUT2D eigenvalue weighted by Crippen LogP contribution is 2.29. The standard InChI is InChI=1S/C13H20O2/c1-13(15-2,10-6-7-11-14)12-8-4-3-5-9-12/h3-5,8-9,14H,6-7,10-11H2,1-2H3. The molecule has 15 heavy (non-hydrogen) atoms. The van der Waals surface area contributed by atoms with Gasteiger partial charge in [0.05, 0.1) is 5.60 Å². The van der Waals surface area contributed by atoms with Crippen LogP contribution in [-0.4, -0.2) is 18.8 Å². The van der Waals surface area contributed by atoms with E-state index in [1.807, 2.05) is 18.2 Å². The summed E-state index contributed by atoms with van der Waals surface area (Å²) in [4.78, 5) is 0. The molecule has 0 heterocycles. The van der Waals surface area contributed by atoms with Gasteiger partial charge in [-0.25, -0.2) is 0 Å². The molecule has 0 bridgehead atoms. The van der Waals surface area contributed by atoms with Gasteiger partial charge in [-0.05, 0) is 31.7 Å². The van der Waals surface area contributed by atoms with E-state index in [0.717, 1.165) is 19.3 Å². The lowest BCUT2D eigenvalue weighted by molar-refractivity contribution is -0.00822. The topological polar surface area (TPSA) is 29.5 Å². The molecule has 1 aromatic rings. The molecule has 0 spiro atoms. The van der Waals surface area contributed by atoms with Crippen LogP contribution in [0.15, 0.2) is 30.3 Å². The molecule has 1 rings (SSSR count). The molecular weight excluding hydrogens is 188 g/mol. The quantitative estimate of drug-likeness (QED) is 0.728. The second-order valence-electron chi connectivity index (χ2n) is 3.98. The van der Waals surface area contributed by atoms with Crippen molar-refractivity contribution in [2.75, 3.05) is 13.7 Å². The maximum atomic E-state index is 8.77. The summed E-state index contributed by atoms with van der Waals surface area (Å²) in [5.41, 5.74) is 0.974. The first-order chi connectivity index (χ1) is 7.23. The molecule has 0 fully saturated rings. The minimum Gasteiger partial charge on any atom is -0.396 e. The van der Waals surface area contributed by atoms with E-state index < -0.39 is 0 Å². The molecule has 1 aromatic carbocycles. The summed E-state index contributed by atoms with van der Waals surface area (Å²) in [5, 5.41) is 8.77. The van der Waals surface area contributed by atoms with Gasteiger partial charge in [-0.3, -0.25) is 0 Å². The number of ether oxygens (including phenoxy) is 1. The van der Waals surface area contributed by atoms with Crippen LogP contribution >= 0.6 is 0 Å². The first kappa shape index (κ1) is 12.2. The summed E-state index contributed by atoms with van der Waals surface area (Å²) in [5.74, 6) is 0. The number of benzene rings is 1. The van der Waals surface area contributed by atoms with Crippen LogP contribution in [-0.2, 0) is 10.3 Å². The highest BCUT2D eigenvalue weighted by molar-refractivity contribution is 5.21. The van der Waals surface area contributed by atoms with Crippen molar-refractivity contribution in [3.63, 3.8) is 0 Å². The highest BCUT2D eigenvalue weighted by atomic mass is 16.5. The van der Waals surface area contributed by atoms with Crippen LogP contribution in [0, 0.1) is 0 Å². The number of unbranched alkanes of at least 4 members (excludes halogenated alkanes) is 1. The van der Waals surface area contributed by atoms with Crippen LogP contribution < -0.4 is 0 Å². The summed E-state index contributed by atoms with van der Waals surface area (Å²) >= 11 is 0. The van der Waals surface area contributed by atoms with Gasteiger partial charge in [-0.1, -0.05) is 30.3 Å². The van der Waals surface area contributed by atoms with Crippen molar-refractivity contribution in [2.45, 2.75) is 31.8 Å². The third-order valence-corrected chi connectivity index (χ3v) is 2.90. The van der Waals surface area contributed by atoms with Crippen molar-refractivity contribution in [1.82, 2.24) is 0 Å². The number of hydrogen-bond donors (Lipinski definition) is 1. The van der Waals surface area contributed by atoms with Gasteiger partial charge < -0.3 is 9.84 Å². The van der Waals surface area contributed by atoms with E-state index in [1.165, 1.54) is 5.56 Å². The van der Waals surface area contributed by atoms with Gasteiger partial charge in [0.1, 0.15) is 0 Å². The Bertz CT molecular complexity index is 271. The molecule has 1 atom stereocenters. The SMILES string of the molecule is COC(C)(CCCCO)c1ccccc1. The van der Waals surface area contributed by atoms with Crippen LogP contribution in [0.25, 0.3) is 0 Å². The zero-order valence-electron chi connectivity index (χ0n) is 9.57. The van der Waals surface area contributed by atoms with Crippen LogP contribution in [0.2, 0.25) is 0 Å². The van der Waals surface area contributed by atoms with E-state index in [1.54, 1.807) is 7.11 Å². The van der Waals surface area contributed by atoms with Gasteiger partial charge in [-0.15, -0.1) is 0 Å². The average molecular weight is 208 g/mol. The molecule has 0 saturated carbocycles. The Morgan fingerprint density at radius 3 is 2.40 bits per heavy atom. The van der Waals surface area contributed by atoms with Gasteiger partial charge in [0.2, 0.25) is 0 Å². The Labute approximate surface area is 91.9 Å². The van der Waals surface area contributed by atoms with Crippen molar-refractivity contribution in [3.8, 4) is 0 Å². The van der Waals surface area contributed by atoms with E-state index in [0.29, 0.717) is 0 Å². The molecule has 0 amide bonds. The van der Waals surface area contributed by atoms with Gasteiger partial charge in [0, 0.05) is 13.7 Å². The van der Waals surface area contributed by atoms with E-state index in [2.05, 4.69) is 19.1 Å². The molecule has 1 N–H and O–H groups in total. The Kier molecular flexibility index (Phi) is 4.79. The van der Waals surface area contributed by atoms with Crippen molar-refractivity contribution in [3.05, 3.63) is 35.9 Å². The van der Waals surface area contributed by atoms with Crippen LogP contribution in [0.1, 0.15) is 31.7 Å². The molecule has 1 unspecified atom stereocenters. The summed E-state index contributed by atoms with van der Waals surface area (Å²) in [7, 11) is 1.74. The fourth-order valence-corrected chi connectivity index (χ4v) is 1.73. The summed E-state index contributed by atoms with van der Waals surface area (Å²) in [6.07, 6.45) is 2.76. The third kappa shape index (κ3) is 3.33. The fourth-order valence-electron chi connectivity index (χ4n) is 1.73. The molecule has 0 aliphatic heterocycles. The van der Waals surface area contributed by atoms with Crippen molar-refractivity contribution in [2.24, 2.45) is 0 Å². The van der Waals surface area contributed by atoms with Crippen molar-refractivity contribution >= 4 is 0 Å². The molecule has 0 saturated heterocycles. The average Bonchev–Trinajstić information content (AvgIpc) is 2.30. The number of aliphatic hydroxyl groups excluding tert-OH is 1. The summed E-state index contributed by atoms with van der Waals surface area (Å²) in [6, 6.07) is 10.2. The third-order valence-electron chi connectivity index (χ3n) is 2.90. The molecule has 0 radical (unpaired) electrons. The maximum absolute atomic E-state index is 8.77. The number of aliphatic hydroxyl groups is 1. The predicted molar refractivity (Wildman–Crippen MR) is 61.7 cm³/mol. The van der Waals surface area contributed by atoms with E-state index in [4.69, 9.17) is 9.84 Å². The fraction of sp³-hybridized carbons (Fsp3) is 0.538. The van der Waals surface area contributed by atoms with E-state index in [-0.39, 0.29) is 12.2 Å². The lowest BCUT2D eigenvalue weighted by Gasteiger charge is -2.28. The summed E-state index contributed by atoms with van der Waals surface area (Å²) in [6.45, 7) is 2.36. The van der Waals surface area contributed by atoms with Crippen molar-refractivity contribution in [1.29, 1.82) is 0 Å². The molecule has 84 valence electrons. The van der Waals surface area contributed by atoms with Crippen LogP contribution in [0.5, 0.6) is 0 Å². The summed E-state index contributed by atoms with van der Waals surface area (Å²) < 4.78 is 5.59. The molecule has 2 heteroatoms. The molecular formula is C13H20O2. The lowest BCUT2D eigenvalue weighted by Crippen LogP contribution is -2.24. The minimum atomic E-state index is -0.226. The van der Waals surface area contributed by atoms with Crippen LogP contribution in [0.3, 0.4) is 0 Å². The normalized spacial score (nSPS) is 14.9. The zero-order chi connectivity index (χ0) is 11.1. The maximum Gasteiger partial charge on any atom is 0.0899 e.